The monoisotopic (exact) mass is 333 g/mol. The van der Waals surface area contributed by atoms with Crippen LogP contribution in [0.3, 0.4) is 0 Å². The SMILES string of the molecule is CC1(C#N)C(=O)C(C(=O)CCC(=O)O)=C(O)c2cc(Cl)ccc21. The van der Waals surface area contributed by atoms with Gasteiger partial charge in [0.2, 0.25) is 0 Å². The normalized spacial score (nSPS) is 20.0. The van der Waals surface area contributed by atoms with Gasteiger partial charge in [-0.1, -0.05) is 17.7 Å². The number of nitriles is 1. The first kappa shape index (κ1) is 16.7. The van der Waals surface area contributed by atoms with Crippen molar-refractivity contribution in [3.05, 3.63) is 39.9 Å². The smallest absolute Gasteiger partial charge is 0.303 e. The minimum absolute atomic E-state index is 0.125. The predicted molar refractivity (Wildman–Crippen MR) is 80.8 cm³/mol. The van der Waals surface area contributed by atoms with Gasteiger partial charge in [0.25, 0.3) is 0 Å². The number of carbonyl (C=O) groups is 3. The summed E-state index contributed by atoms with van der Waals surface area (Å²) in [6.45, 7) is 1.35. The van der Waals surface area contributed by atoms with Gasteiger partial charge in [0.05, 0.1) is 12.5 Å². The van der Waals surface area contributed by atoms with E-state index in [2.05, 4.69) is 0 Å². The van der Waals surface area contributed by atoms with Gasteiger partial charge >= 0.3 is 5.97 Å². The Morgan fingerprint density at radius 2 is 2.00 bits per heavy atom. The highest BCUT2D eigenvalue weighted by Gasteiger charge is 2.46. The molecule has 2 N–H and O–H groups in total. The third-order valence-corrected chi connectivity index (χ3v) is 4.00. The van der Waals surface area contributed by atoms with Crippen LogP contribution in [0.5, 0.6) is 0 Å². The minimum atomic E-state index is -1.65. The molecule has 23 heavy (non-hydrogen) atoms. The maximum Gasteiger partial charge on any atom is 0.303 e. The fourth-order valence-electron chi connectivity index (χ4n) is 2.48. The van der Waals surface area contributed by atoms with Gasteiger partial charge in [-0.25, -0.2) is 0 Å². The van der Waals surface area contributed by atoms with E-state index in [0.29, 0.717) is 0 Å². The number of fused-ring (bicyclic) bond motifs is 1. The van der Waals surface area contributed by atoms with Crippen LogP contribution in [-0.4, -0.2) is 27.7 Å². The highest BCUT2D eigenvalue weighted by molar-refractivity contribution is 6.32. The van der Waals surface area contributed by atoms with Crippen LogP contribution >= 0.6 is 11.6 Å². The first-order valence-electron chi connectivity index (χ1n) is 6.67. The van der Waals surface area contributed by atoms with Crippen molar-refractivity contribution in [2.24, 2.45) is 0 Å². The number of allylic oxidation sites excluding steroid dienone is 1. The molecular weight excluding hydrogens is 322 g/mol. The van der Waals surface area contributed by atoms with Crippen LogP contribution in [-0.2, 0) is 19.8 Å². The summed E-state index contributed by atoms with van der Waals surface area (Å²) in [7, 11) is 0. The number of aliphatic carboxylic acids is 1. The first-order chi connectivity index (χ1) is 10.7. The van der Waals surface area contributed by atoms with Crippen LogP contribution in [0.15, 0.2) is 23.8 Å². The van der Waals surface area contributed by atoms with E-state index >= 15 is 0 Å². The number of aliphatic hydroxyl groups excluding tert-OH is 1. The number of rotatable bonds is 4. The van der Waals surface area contributed by atoms with E-state index in [-0.39, 0.29) is 16.1 Å². The molecule has 0 saturated carbocycles. The molecule has 1 unspecified atom stereocenters. The second-order valence-corrected chi connectivity index (χ2v) is 5.73. The van der Waals surface area contributed by atoms with Crippen molar-refractivity contribution in [3.63, 3.8) is 0 Å². The summed E-state index contributed by atoms with van der Waals surface area (Å²) in [6.07, 6.45) is -0.924. The van der Waals surface area contributed by atoms with Gasteiger partial charge in [-0.15, -0.1) is 0 Å². The van der Waals surface area contributed by atoms with Gasteiger partial charge in [-0.3, -0.25) is 14.4 Å². The number of hydrogen-bond donors (Lipinski definition) is 2. The fourth-order valence-corrected chi connectivity index (χ4v) is 2.65. The average Bonchev–Trinajstić information content (AvgIpc) is 2.50. The maximum atomic E-state index is 12.6. The van der Waals surface area contributed by atoms with Gasteiger partial charge in [0.1, 0.15) is 16.7 Å². The van der Waals surface area contributed by atoms with Crippen molar-refractivity contribution < 1.29 is 24.6 Å². The lowest BCUT2D eigenvalue weighted by Crippen LogP contribution is -2.39. The van der Waals surface area contributed by atoms with Crippen LogP contribution in [0.2, 0.25) is 5.02 Å². The van der Waals surface area contributed by atoms with Crippen molar-refractivity contribution in [3.8, 4) is 6.07 Å². The van der Waals surface area contributed by atoms with Gasteiger partial charge in [0.15, 0.2) is 11.6 Å². The second-order valence-electron chi connectivity index (χ2n) is 5.30. The minimum Gasteiger partial charge on any atom is -0.506 e. The molecule has 0 amide bonds. The number of aliphatic hydroxyl groups is 1. The summed E-state index contributed by atoms with van der Waals surface area (Å²) in [5.41, 5.74) is -1.83. The second kappa shape index (κ2) is 5.86. The van der Waals surface area contributed by atoms with E-state index < -0.39 is 47.1 Å². The number of nitrogens with zero attached hydrogens (tertiary/aromatic N) is 1. The topological polar surface area (TPSA) is 115 Å². The number of carboxylic acid groups (broad SMARTS) is 1. The van der Waals surface area contributed by atoms with Crippen molar-refractivity contribution in [1.82, 2.24) is 0 Å². The Kier molecular flexibility index (Phi) is 4.26. The largest absolute Gasteiger partial charge is 0.506 e. The number of ketones is 2. The number of carbonyl (C=O) groups excluding carboxylic acids is 2. The molecule has 0 heterocycles. The molecule has 1 atom stereocenters. The third-order valence-electron chi connectivity index (χ3n) is 3.76. The Balaban J connectivity index is 2.64. The van der Waals surface area contributed by atoms with E-state index in [1.807, 2.05) is 6.07 Å². The molecule has 0 aromatic heterocycles. The van der Waals surface area contributed by atoms with Crippen molar-refractivity contribution in [1.29, 1.82) is 5.26 Å². The Morgan fingerprint density at radius 1 is 1.35 bits per heavy atom. The molecule has 0 radical (unpaired) electrons. The zero-order chi connectivity index (χ0) is 17.4. The highest BCUT2D eigenvalue weighted by atomic mass is 35.5. The lowest BCUT2D eigenvalue weighted by Gasteiger charge is -2.29. The summed E-state index contributed by atoms with van der Waals surface area (Å²) < 4.78 is 0. The Hall–Kier alpha value is -2.65. The number of halogens is 1. The quantitative estimate of drug-likeness (QED) is 0.817. The van der Waals surface area contributed by atoms with E-state index in [4.69, 9.17) is 16.7 Å². The van der Waals surface area contributed by atoms with Gasteiger partial charge in [0, 0.05) is 17.0 Å². The lowest BCUT2D eigenvalue weighted by atomic mass is 9.69. The van der Waals surface area contributed by atoms with Crippen LogP contribution < -0.4 is 0 Å². The zero-order valence-electron chi connectivity index (χ0n) is 12.1. The highest BCUT2D eigenvalue weighted by Crippen LogP contribution is 2.40. The molecule has 1 aliphatic rings. The van der Waals surface area contributed by atoms with E-state index in [1.165, 1.54) is 25.1 Å². The molecule has 0 bridgehead atoms. The molecule has 7 heteroatoms. The van der Waals surface area contributed by atoms with Gasteiger partial charge in [-0.2, -0.15) is 5.26 Å². The molecule has 6 nitrogen and oxygen atoms in total. The first-order valence-corrected chi connectivity index (χ1v) is 7.05. The van der Waals surface area contributed by atoms with Crippen LogP contribution in [0.1, 0.15) is 30.9 Å². The molecule has 0 spiro atoms. The Labute approximate surface area is 136 Å². The van der Waals surface area contributed by atoms with E-state index in [1.54, 1.807) is 0 Å². The molecule has 0 saturated heterocycles. The van der Waals surface area contributed by atoms with E-state index in [9.17, 15) is 24.8 Å². The van der Waals surface area contributed by atoms with Crippen molar-refractivity contribution in [2.75, 3.05) is 0 Å². The lowest BCUT2D eigenvalue weighted by molar-refractivity contribution is -0.138. The molecule has 0 fully saturated rings. The molecular formula is C16H12ClNO5. The molecule has 1 aromatic rings. The number of benzene rings is 1. The van der Waals surface area contributed by atoms with Crippen LogP contribution in [0.4, 0.5) is 0 Å². The molecule has 2 rings (SSSR count). The number of carboxylic acids is 1. The van der Waals surface area contributed by atoms with Gasteiger partial charge < -0.3 is 10.2 Å². The molecule has 1 aliphatic carbocycles. The zero-order valence-corrected chi connectivity index (χ0v) is 12.8. The summed E-state index contributed by atoms with van der Waals surface area (Å²) >= 11 is 5.88. The standard InChI is InChI=1S/C16H12ClNO5/c1-16(7-18)10-3-2-8(17)6-9(10)14(22)13(15(16)23)11(19)4-5-12(20)21/h2-3,6,22H,4-5H2,1H3,(H,20,21). The van der Waals surface area contributed by atoms with Crippen LogP contribution in [0, 0.1) is 11.3 Å². The summed E-state index contributed by atoms with van der Waals surface area (Å²) in [5, 5.41) is 28.6. The molecule has 1 aromatic carbocycles. The number of hydrogen-bond acceptors (Lipinski definition) is 5. The predicted octanol–water partition coefficient (Wildman–Crippen LogP) is 2.41. The Bertz CT molecular complexity index is 805. The van der Waals surface area contributed by atoms with E-state index in [0.717, 1.165) is 0 Å². The van der Waals surface area contributed by atoms with Crippen molar-refractivity contribution >= 4 is 34.9 Å². The molecule has 0 aliphatic heterocycles. The maximum absolute atomic E-state index is 12.6. The van der Waals surface area contributed by atoms with Crippen molar-refractivity contribution in [2.45, 2.75) is 25.2 Å². The summed E-state index contributed by atoms with van der Waals surface area (Å²) in [6, 6.07) is 6.16. The summed E-state index contributed by atoms with van der Waals surface area (Å²) in [5.74, 6) is -3.44. The molecule has 118 valence electrons. The third kappa shape index (κ3) is 2.71. The average molecular weight is 334 g/mol. The van der Waals surface area contributed by atoms with Gasteiger partial charge in [-0.05, 0) is 24.6 Å². The summed E-state index contributed by atoms with van der Waals surface area (Å²) in [4.78, 5) is 35.3. The van der Waals surface area contributed by atoms with Crippen LogP contribution in [0.25, 0.3) is 5.76 Å². The number of Topliss-reactive ketones (excluding diaryl/α,β-unsaturated/α-hetero) is 2. The Morgan fingerprint density at radius 3 is 2.57 bits per heavy atom. The fraction of sp³-hybridized carbons (Fsp3) is 0.250.